The molecular weight excluding hydrogens is 284 g/mol. The van der Waals surface area contributed by atoms with Gasteiger partial charge in [-0.25, -0.2) is 4.68 Å². The molecule has 1 aromatic heterocycles. The number of carbonyl (C=O) groups is 1. The van der Waals surface area contributed by atoms with Crippen LogP contribution in [-0.4, -0.2) is 33.2 Å². The molecule has 6 heteroatoms. The van der Waals surface area contributed by atoms with E-state index in [4.69, 9.17) is 5.73 Å². The molecule has 0 saturated heterocycles. The Balaban J connectivity index is 2.08. The van der Waals surface area contributed by atoms with Crippen molar-refractivity contribution in [3.63, 3.8) is 0 Å². The first kappa shape index (κ1) is 15.4. The number of rotatable bonds is 5. The molecule has 1 amide bonds. The molecular formula is C15H20N4OS. The van der Waals surface area contributed by atoms with E-state index >= 15 is 0 Å². The van der Waals surface area contributed by atoms with Crippen molar-refractivity contribution in [3.8, 4) is 5.69 Å². The number of amides is 1. The Bertz CT molecular complexity index is 636. The molecule has 0 aliphatic rings. The summed E-state index contributed by atoms with van der Waals surface area (Å²) in [6, 6.07) is 9.07. The van der Waals surface area contributed by atoms with Crippen molar-refractivity contribution < 1.29 is 4.79 Å². The summed E-state index contributed by atoms with van der Waals surface area (Å²) in [5.74, 6) is -0.167. The van der Waals surface area contributed by atoms with Crippen LogP contribution >= 0.6 is 11.8 Å². The van der Waals surface area contributed by atoms with Crippen LogP contribution in [0.25, 0.3) is 5.69 Å². The monoisotopic (exact) mass is 304 g/mol. The predicted octanol–water partition coefficient (Wildman–Crippen LogP) is 2.33. The largest absolute Gasteiger partial charge is 0.399 e. The molecule has 5 nitrogen and oxygen atoms in total. The highest BCUT2D eigenvalue weighted by atomic mass is 32.2. The summed E-state index contributed by atoms with van der Waals surface area (Å²) >= 11 is 1.71. The van der Waals surface area contributed by atoms with Crippen molar-refractivity contribution in [2.45, 2.75) is 18.6 Å². The lowest BCUT2D eigenvalue weighted by molar-refractivity contribution is 0.0945. The van der Waals surface area contributed by atoms with Crippen LogP contribution in [0, 0.1) is 0 Å². The molecule has 112 valence electrons. The number of benzene rings is 1. The summed E-state index contributed by atoms with van der Waals surface area (Å²) in [6.45, 7) is 4.77. The lowest BCUT2D eigenvalue weighted by Gasteiger charge is -2.21. The van der Waals surface area contributed by atoms with Crippen molar-refractivity contribution in [2.24, 2.45) is 0 Å². The molecule has 0 atom stereocenters. The summed E-state index contributed by atoms with van der Waals surface area (Å²) in [4.78, 5) is 12.1. The number of nitrogens with zero attached hydrogens (tertiary/aromatic N) is 2. The highest BCUT2D eigenvalue weighted by molar-refractivity contribution is 7.99. The van der Waals surface area contributed by atoms with Gasteiger partial charge in [0.25, 0.3) is 5.91 Å². The molecule has 1 aromatic carbocycles. The maximum atomic E-state index is 12.1. The van der Waals surface area contributed by atoms with Gasteiger partial charge < -0.3 is 11.1 Å². The van der Waals surface area contributed by atoms with Crippen LogP contribution in [0.2, 0.25) is 0 Å². The van der Waals surface area contributed by atoms with Crippen LogP contribution in [0.4, 0.5) is 5.69 Å². The van der Waals surface area contributed by atoms with Crippen LogP contribution in [-0.2, 0) is 0 Å². The lowest BCUT2D eigenvalue weighted by Crippen LogP contribution is -2.36. The summed E-state index contributed by atoms with van der Waals surface area (Å²) in [5.41, 5.74) is 7.64. The summed E-state index contributed by atoms with van der Waals surface area (Å²) < 4.78 is 1.65. The SMILES string of the molecule is CSC(C)(C)CNC(=O)c1ccn(-c2cccc(N)c2)n1. The average Bonchev–Trinajstić information content (AvgIpc) is 2.95. The van der Waals surface area contributed by atoms with Gasteiger partial charge in [0, 0.05) is 23.2 Å². The molecule has 3 N–H and O–H groups in total. The van der Waals surface area contributed by atoms with Crippen molar-refractivity contribution >= 4 is 23.4 Å². The topological polar surface area (TPSA) is 72.9 Å². The Morgan fingerprint density at radius 3 is 2.86 bits per heavy atom. The van der Waals surface area contributed by atoms with E-state index in [1.807, 2.05) is 30.5 Å². The molecule has 1 heterocycles. The van der Waals surface area contributed by atoms with Crippen molar-refractivity contribution in [3.05, 3.63) is 42.2 Å². The number of aromatic nitrogens is 2. The number of thioether (sulfide) groups is 1. The fourth-order valence-electron chi connectivity index (χ4n) is 1.71. The van der Waals surface area contributed by atoms with E-state index < -0.39 is 0 Å². The Hall–Kier alpha value is -1.95. The molecule has 0 aliphatic carbocycles. The number of anilines is 1. The van der Waals surface area contributed by atoms with E-state index in [9.17, 15) is 4.79 Å². The Morgan fingerprint density at radius 1 is 1.43 bits per heavy atom. The fourth-order valence-corrected chi connectivity index (χ4v) is 1.93. The highest BCUT2D eigenvalue weighted by Crippen LogP contribution is 2.19. The summed E-state index contributed by atoms with van der Waals surface area (Å²) in [6.07, 6.45) is 3.78. The van der Waals surface area contributed by atoms with Crippen LogP contribution < -0.4 is 11.1 Å². The second-order valence-corrected chi connectivity index (χ2v) is 6.90. The highest BCUT2D eigenvalue weighted by Gasteiger charge is 2.18. The van der Waals surface area contributed by atoms with E-state index in [1.165, 1.54) is 0 Å². The summed E-state index contributed by atoms with van der Waals surface area (Å²) in [7, 11) is 0. The van der Waals surface area contributed by atoms with Gasteiger partial charge in [0.15, 0.2) is 5.69 Å². The van der Waals surface area contributed by atoms with E-state index in [0.717, 1.165) is 5.69 Å². The molecule has 0 fully saturated rings. The van der Waals surface area contributed by atoms with Crippen molar-refractivity contribution in [1.82, 2.24) is 15.1 Å². The minimum Gasteiger partial charge on any atom is -0.399 e. The van der Waals surface area contributed by atoms with Gasteiger partial charge in [-0.2, -0.15) is 16.9 Å². The smallest absolute Gasteiger partial charge is 0.271 e. The van der Waals surface area contributed by atoms with Crippen LogP contribution in [0.1, 0.15) is 24.3 Å². The molecule has 2 aromatic rings. The third-order valence-electron chi connectivity index (χ3n) is 3.18. The van der Waals surface area contributed by atoms with Gasteiger partial charge in [-0.15, -0.1) is 0 Å². The van der Waals surface area contributed by atoms with Gasteiger partial charge in [-0.3, -0.25) is 4.79 Å². The lowest BCUT2D eigenvalue weighted by atomic mass is 10.2. The van der Waals surface area contributed by atoms with E-state index in [1.54, 1.807) is 28.7 Å². The molecule has 2 rings (SSSR count). The zero-order valence-corrected chi connectivity index (χ0v) is 13.3. The normalized spacial score (nSPS) is 11.4. The first-order valence-corrected chi connectivity index (χ1v) is 7.89. The maximum Gasteiger partial charge on any atom is 0.271 e. The number of carbonyl (C=O) groups excluding carboxylic acids is 1. The molecule has 0 saturated carbocycles. The van der Waals surface area contributed by atoms with E-state index in [0.29, 0.717) is 17.9 Å². The Kier molecular flexibility index (Phi) is 4.57. The average molecular weight is 304 g/mol. The van der Waals surface area contributed by atoms with Gasteiger partial charge >= 0.3 is 0 Å². The Labute approximate surface area is 128 Å². The number of nitrogen functional groups attached to an aromatic ring is 1. The zero-order chi connectivity index (χ0) is 15.5. The van der Waals surface area contributed by atoms with Crippen LogP contribution in [0.3, 0.4) is 0 Å². The quantitative estimate of drug-likeness (QED) is 0.832. The van der Waals surface area contributed by atoms with Crippen molar-refractivity contribution in [2.75, 3.05) is 18.5 Å². The zero-order valence-electron chi connectivity index (χ0n) is 12.5. The minimum atomic E-state index is -0.167. The molecule has 0 radical (unpaired) electrons. The summed E-state index contributed by atoms with van der Waals surface area (Å²) in [5, 5.41) is 7.20. The third kappa shape index (κ3) is 4.01. The molecule has 0 aliphatic heterocycles. The predicted molar refractivity (Wildman–Crippen MR) is 87.9 cm³/mol. The minimum absolute atomic E-state index is 0.00606. The number of hydrogen-bond donors (Lipinski definition) is 2. The molecule has 0 unspecified atom stereocenters. The maximum absolute atomic E-state index is 12.1. The number of nitrogens with one attached hydrogen (secondary N) is 1. The Morgan fingerprint density at radius 2 is 2.19 bits per heavy atom. The number of nitrogens with two attached hydrogens (primary N) is 1. The second kappa shape index (κ2) is 6.22. The molecule has 0 spiro atoms. The van der Waals surface area contributed by atoms with Gasteiger partial charge in [-0.1, -0.05) is 6.07 Å². The van der Waals surface area contributed by atoms with Gasteiger partial charge in [0.1, 0.15) is 0 Å². The van der Waals surface area contributed by atoms with Gasteiger partial charge in [0.2, 0.25) is 0 Å². The molecule has 0 bridgehead atoms. The number of hydrogen-bond acceptors (Lipinski definition) is 4. The van der Waals surface area contributed by atoms with Crippen LogP contribution in [0.5, 0.6) is 0 Å². The van der Waals surface area contributed by atoms with E-state index in [2.05, 4.69) is 24.3 Å². The van der Waals surface area contributed by atoms with E-state index in [-0.39, 0.29) is 10.7 Å². The van der Waals surface area contributed by atoms with Crippen molar-refractivity contribution in [1.29, 1.82) is 0 Å². The fraction of sp³-hybridized carbons (Fsp3) is 0.333. The standard InChI is InChI=1S/C15H20N4OS/c1-15(2,21-3)10-17-14(20)13-7-8-19(18-13)12-6-4-5-11(16)9-12/h4-9H,10,16H2,1-3H3,(H,17,20). The van der Waals surface area contributed by atoms with Crippen LogP contribution in [0.15, 0.2) is 36.5 Å². The second-order valence-electron chi connectivity index (χ2n) is 5.39. The third-order valence-corrected chi connectivity index (χ3v) is 4.43. The van der Waals surface area contributed by atoms with Gasteiger partial charge in [-0.05, 0) is 44.4 Å². The first-order chi connectivity index (χ1) is 9.91. The molecule has 21 heavy (non-hydrogen) atoms. The first-order valence-electron chi connectivity index (χ1n) is 6.66. The van der Waals surface area contributed by atoms with Gasteiger partial charge in [0.05, 0.1) is 5.69 Å².